The molecule has 0 saturated carbocycles. The lowest BCUT2D eigenvalue weighted by Gasteiger charge is -2.09. The molecule has 0 aliphatic carbocycles. The molecule has 2 aromatic rings. The number of halogens is 2. The van der Waals surface area contributed by atoms with Gasteiger partial charge in [0.15, 0.2) is 11.6 Å². The van der Waals surface area contributed by atoms with E-state index in [0.717, 1.165) is 10.5 Å². The molecule has 0 spiro atoms. The van der Waals surface area contributed by atoms with Crippen molar-refractivity contribution in [2.45, 2.75) is 0 Å². The molecule has 26 heavy (non-hydrogen) atoms. The second-order valence-corrected chi connectivity index (χ2v) is 6.14. The molecule has 0 saturated heterocycles. The minimum absolute atomic E-state index is 0.00109. The Hall–Kier alpha value is -2.45. The van der Waals surface area contributed by atoms with Gasteiger partial charge in [-0.15, -0.1) is 0 Å². The second-order valence-electron chi connectivity index (χ2n) is 5.23. The van der Waals surface area contributed by atoms with Gasteiger partial charge in [0.1, 0.15) is 5.75 Å². The lowest BCUT2D eigenvalue weighted by atomic mass is 10.2. The zero-order chi connectivity index (χ0) is 18.9. The first-order chi connectivity index (χ1) is 12.5. The van der Waals surface area contributed by atoms with Crippen LogP contribution in [0.3, 0.4) is 0 Å². The van der Waals surface area contributed by atoms with E-state index >= 15 is 0 Å². The van der Waals surface area contributed by atoms with E-state index in [0.29, 0.717) is 18.9 Å². The summed E-state index contributed by atoms with van der Waals surface area (Å²) in [4.78, 5) is 23.5. The molecule has 2 aromatic carbocycles. The van der Waals surface area contributed by atoms with Crippen molar-refractivity contribution in [2.75, 3.05) is 26.8 Å². The van der Waals surface area contributed by atoms with E-state index in [4.69, 9.17) is 9.47 Å². The first-order valence-electron chi connectivity index (χ1n) is 7.76. The minimum Gasteiger partial charge on any atom is -0.454 e. The highest BCUT2D eigenvalue weighted by Crippen LogP contribution is 2.26. The first kappa shape index (κ1) is 19.9. The summed E-state index contributed by atoms with van der Waals surface area (Å²) in [5.41, 5.74) is 0.0929. The van der Waals surface area contributed by atoms with Crippen LogP contribution in [0, 0.1) is 5.82 Å². The minimum atomic E-state index is -0.676. The quantitative estimate of drug-likeness (QED) is 0.638. The van der Waals surface area contributed by atoms with E-state index in [1.54, 1.807) is 24.3 Å². The summed E-state index contributed by atoms with van der Waals surface area (Å²) < 4.78 is 25.3. The van der Waals surface area contributed by atoms with Crippen molar-refractivity contribution in [1.29, 1.82) is 0 Å². The fourth-order valence-electron chi connectivity index (χ4n) is 1.97. The van der Waals surface area contributed by atoms with E-state index in [9.17, 15) is 14.0 Å². The molecule has 0 fully saturated rings. The molecule has 2 amide bonds. The zero-order valence-corrected chi connectivity index (χ0v) is 15.6. The molecular weight excluding hydrogens is 407 g/mol. The molecule has 0 atom stereocenters. The Morgan fingerprint density at radius 3 is 2.50 bits per heavy atom. The van der Waals surface area contributed by atoms with Crippen molar-refractivity contribution >= 4 is 27.7 Å². The normalized spacial score (nSPS) is 10.3. The maximum absolute atomic E-state index is 14.2. The van der Waals surface area contributed by atoms with Crippen LogP contribution >= 0.6 is 15.9 Å². The number of ether oxygens (including phenoxy) is 2. The molecule has 2 rings (SSSR count). The molecule has 0 aliphatic rings. The van der Waals surface area contributed by atoms with Gasteiger partial charge in [-0.3, -0.25) is 9.59 Å². The fraction of sp³-hybridized carbons (Fsp3) is 0.222. The average molecular weight is 425 g/mol. The van der Waals surface area contributed by atoms with Gasteiger partial charge < -0.3 is 20.1 Å². The second kappa shape index (κ2) is 9.88. The summed E-state index contributed by atoms with van der Waals surface area (Å²) in [6, 6.07) is 10.8. The number of hydrogen-bond donors (Lipinski definition) is 2. The van der Waals surface area contributed by atoms with Gasteiger partial charge >= 0.3 is 0 Å². The smallest absolute Gasteiger partial charge is 0.251 e. The highest BCUT2D eigenvalue weighted by Gasteiger charge is 2.12. The van der Waals surface area contributed by atoms with Gasteiger partial charge in [0.05, 0.1) is 13.2 Å². The molecule has 0 unspecified atom stereocenters. The van der Waals surface area contributed by atoms with Gasteiger partial charge in [0, 0.05) is 23.7 Å². The molecular formula is C18H18BrFN2O4. The molecule has 0 radical (unpaired) electrons. The lowest BCUT2D eigenvalue weighted by Crippen LogP contribution is -2.38. The molecule has 138 valence electrons. The number of hydrogen-bond acceptors (Lipinski definition) is 4. The van der Waals surface area contributed by atoms with Crippen molar-refractivity contribution in [3.8, 4) is 11.5 Å². The van der Waals surface area contributed by atoms with Crippen LogP contribution in [-0.4, -0.2) is 38.6 Å². The summed E-state index contributed by atoms with van der Waals surface area (Å²) in [5.74, 6) is -1.12. The van der Waals surface area contributed by atoms with Crippen LogP contribution in [0.4, 0.5) is 4.39 Å². The van der Waals surface area contributed by atoms with Crippen molar-refractivity contribution in [3.05, 3.63) is 58.3 Å². The molecule has 6 nitrogen and oxygen atoms in total. The summed E-state index contributed by atoms with van der Waals surface area (Å²) in [5, 5.41) is 4.99. The summed E-state index contributed by atoms with van der Waals surface area (Å²) in [6.45, 7) is 0.522. The summed E-state index contributed by atoms with van der Waals surface area (Å²) >= 11 is 3.30. The third-order valence-corrected chi connectivity index (χ3v) is 3.80. The van der Waals surface area contributed by atoms with Crippen molar-refractivity contribution in [1.82, 2.24) is 10.6 Å². The number of carbonyl (C=O) groups is 2. The SMILES string of the molecule is COCCNC(=O)CNC(=O)c1ccc(Oc2ccc(Br)cc2)c(F)c1. The number of nitrogens with one attached hydrogen (secondary N) is 2. The van der Waals surface area contributed by atoms with Gasteiger partial charge in [0.25, 0.3) is 5.91 Å². The maximum atomic E-state index is 14.2. The average Bonchev–Trinajstić information content (AvgIpc) is 2.63. The van der Waals surface area contributed by atoms with Crippen LogP contribution in [0.5, 0.6) is 11.5 Å². The molecule has 0 heterocycles. The highest BCUT2D eigenvalue weighted by atomic mass is 79.9. The summed E-state index contributed by atoms with van der Waals surface area (Å²) in [6.07, 6.45) is 0. The van der Waals surface area contributed by atoms with Crippen molar-refractivity contribution < 1.29 is 23.5 Å². The molecule has 8 heteroatoms. The van der Waals surface area contributed by atoms with E-state index in [2.05, 4.69) is 26.6 Å². The predicted molar refractivity (Wildman–Crippen MR) is 97.8 cm³/mol. The van der Waals surface area contributed by atoms with E-state index < -0.39 is 11.7 Å². The highest BCUT2D eigenvalue weighted by molar-refractivity contribution is 9.10. The zero-order valence-electron chi connectivity index (χ0n) is 14.1. The van der Waals surface area contributed by atoms with Crippen molar-refractivity contribution in [2.24, 2.45) is 0 Å². The van der Waals surface area contributed by atoms with Gasteiger partial charge in [-0.1, -0.05) is 15.9 Å². The molecule has 0 aliphatic heterocycles. The van der Waals surface area contributed by atoms with Gasteiger partial charge in [-0.2, -0.15) is 0 Å². The van der Waals surface area contributed by atoms with Gasteiger partial charge in [0.2, 0.25) is 5.91 Å². The Bertz CT molecular complexity index is 768. The number of benzene rings is 2. The Morgan fingerprint density at radius 1 is 1.12 bits per heavy atom. The van der Waals surface area contributed by atoms with Crippen LogP contribution in [0.2, 0.25) is 0 Å². The lowest BCUT2D eigenvalue weighted by molar-refractivity contribution is -0.120. The van der Waals surface area contributed by atoms with E-state index in [1.165, 1.54) is 19.2 Å². The number of rotatable bonds is 8. The third-order valence-electron chi connectivity index (χ3n) is 3.27. The molecule has 0 aromatic heterocycles. The Labute approximate surface area is 158 Å². The van der Waals surface area contributed by atoms with Crippen LogP contribution < -0.4 is 15.4 Å². The summed E-state index contributed by atoms with van der Waals surface area (Å²) in [7, 11) is 1.52. The molecule has 2 N–H and O–H groups in total. The van der Waals surface area contributed by atoms with Crippen LogP contribution in [-0.2, 0) is 9.53 Å². The first-order valence-corrected chi connectivity index (χ1v) is 8.55. The largest absolute Gasteiger partial charge is 0.454 e. The maximum Gasteiger partial charge on any atom is 0.251 e. The van der Waals surface area contributed by atoms with E-state index in [1.807, 2.05) is 0 Å². The predicted octanol–water partition coefficient (Wildman–Crippen LogP) is 2.87. The third kappa shape index (κ3) is 6.12. The van der Waals surface area contributed by atoms with Gasteiger partial charge in [-0.25, -0.2) is 4.39 Å². The topological polar surface area (TPSA) is 76.7 Å². The van der Waals surface area contributed by atoms with Gasteiger partial charge in [-0.05, 0) is 42.5 Å². The number of carbonyl (C=O) groups excluding carboxylic acids is 2. The van der Waals surface area contributed by atoms with Crippen LogP contribution in [0.15, 0.2) is 46.9 Å². The fourth-order valence-corrected chi connectivity index (χ4v) is 2.24. The van der Waals surface area contributed by atoms with Crippen LogP contribution in [0.25, 0.3) is 0 Å². The Morgan fingerprint density at radius 2 is 1.85 bits per heavy atom. The standard InChI is InChI=1S/C18H18BrFN2O4/c1-25-9-8-21-17(23)11-22-18(24)12-2-7-16(15(20)10-12)26-14-5-3-13(19)4-6-14/h2-7,10H,8-9,11H2,1H3,(H,21,23)(H,22,24). The monoisotopic (exact) mass is 424 g/mol. The molecule has 0 bridgehead atoms. The Kier molecular flexibility index (Phi) is 7.55. The number of amides is 2. The van der Waals surface area contributed by atoms with Crippen LogP contribution in [0.1, 0.15) is 10.4 Å². The Balaban J connectivity index is 1.92. The van der Waals surface area contributed by atoms with E-state index in [-0.39, 0.29) is 23.8 Å². The van der Waals surface area contributed by atoms with Crippen molar-refractivity contribution in [3.63, 3.8) is 0 Å². The number of methoxy groups -OCH3 is 1.